The van der Waals surface area contributed by atoms with Gasteiger partial charge in [0, 0.05) is 5.25 Å². The first kappa shape index (κ1) is 27.8. The lowest BCUT2D eigenvalue weighted by Gasteiger charge is -2.29. The van der Waals surface area contributed by atoms with Crippen LogP contribution in [0.1, 0.15) is 70.4 Å². The first-order chi connectivity index (χ1) is 16.3. The van der Waals surface area contributed by atoms with Gasteiger partial charge in [-0.3, -0.25) is 0 Å². The summed E-state index contributed by atoms with van der Waals surface area (Å²) in [4.78, 5) is 0. The highest BCUT2D eigenvalue weighted by atomic mass is 32.9. The topological polar surface area (TPSA) is 18.5 Å². The van der Waals surface area contributed by atoms with Crippen molar-refractivity contribution >= 4 is 28.9 Å². The van der Waals surface area contributed by atoms with Crippen molar-refractivity contribution in [2.45, 2.75) is 66.6 Å². The largest absolute Gasteiger partial charge is 0.428 e. The van der Waals surface area contributed by atoms with Gasteiger partial charge in [-0.25, -0.2) is 0 Å². The number of hydrogen-bond donors (Lipinski definition) is 0. The molecule has 0 fully saturated rings. The van der Waals surface area contributed by atoms with E-state index >= 15 is 0 Å². The van der Waals surface area contributed by atoms with E-state index < -0.39 is 5.69 Å². The molecule has 0 N–H and O–H groups in total. The summed E-state index contributed by atoms with van der Waals surface area (Å²) in [7, 11) is 0. The lowest BCUT2D eigenvalue weighted by Crippen LogP contribution is -2.12. The molecule has 0 saturated heterocycles. The fourth-order valence-electron chi connectivity index (χ4n) is 3.90. The molecule has 0 amide bonds. The minimum absolute atomic E-state index is 0.131. The molecule has 0 aromatic heterocycles. The fraction of sp³-hybridized carbons (Fsp3) is 0.400. The second kappa shape index (κ2) is 11.5. The molecule has 5 heteroatoms. The third kappa shape index (κ3) is 9.01. The summed E-state index contributed by atoms with van der Waals surface area (Å²) in [6.45, 7) is 15.6. The monoisotopic (exact) mass is 526 g/mol. The molecule has 35 heavy (non-hydrogen) atoms. The Morgan fingerprint density at radius 3 is 1.51 bits per heavy atom. The predicted octanol–water partition coefficient (Wildman–Crippen LogP) is 10.0. The van der Waals surface area contributed by atoms with E-state index in [2.05, 4.69) is 97.0 Å². The third-order valence-electron chi connectivity index (χ3n) is 5.36. The number of rotatable bonds is 9. The van der Waals surface area contributed by atoms with Crippen LogP contribution in [0.4, 0.5) is 0 Å². The normalized spacial score (nSPS) is 13.3. The zero-order valence-corrected chi connectivity index (χ0v) is 24.6. The van der Waals surface area contributed by atoms with Crippen molar-refractivity contribution in [1.29, 1.82) is 0 Å². The zero-order chi connectivity index (χ0) is 25.7. The highest BCUT2D eigenvalue weighted by molar-refractivity contribution is 8.68. The van der Waals surface area contributed by atoms with E-state index in [1.807, 2.05) is 30.3 Å². The first-order valence-electron chi connectivity index (χ1n) is 12.2. The Kier molecular flexibility index (Phi) is 9.18. The minimum Gasteiger partial charge on any atom is -0.428 e. The van der Waals surface area contributed by atoms with Gasteiger partial charge in [0.25, 0.3) is 0 Å². The molecule has 1 atom stereocenters. The number of hydrogen-bond acceptors (Lipinski definition) is 4. The molecule has 3 aromatic carbocycles. The maximum atomic E-state index is 6.73. The van der Waals surface area contributed by atoms with Crippen LogP contribution in [0.25, 0.3) is 0 Å². The smallest absolute Gasteiger partial charge is 0.349 e. The first-order valence-corrected chi connectivity index (χ1v) is 16.3. The molecular formula is C30H39O2PS2. The van der Waals surface area contributed by atoms with Crippen molar-refractivity contribution in [3.63, 3.8) is 0 Å². The summed E-state index contributed by atoms with van der Waals surface area (Å²) < 4.78 is 13.5. The van der Waals surface area contributed by atoms with Crippen molar-refractivity contribution in [3.8, 4) is 11.5 Å². The van der Waals surface area contributed by atoms with E-state index in [1.54, 1.807) is 11.4 Å². The summed E-state index contributed by atoms with van der Waals surface area (Å²) in [5.41, 5.74) is 0.978. The zero-order valence-electron chi connectivity index (χ0n) is 22.1. The molecule has 1 unspecified atom stereocenters. The summed E-state index contributed by atoms with van der Waals surface area (Å²) in [6, 6.07) is 26.9. The second-order valence-electron chi connectivity index (χ2n) is 11.5. The Labute approximate surface area is 221 Å². The van der Waals surface area contributed by atoms with Crippen molar-refractivity contribution in [3.05, 3.63) is 95.6 Å². The van der Waals surface area contributed by atoms with Crippen LogP contribution in [-0.4, -0.2) is 0 Å². The standard InChI is InChI=1S/C30H39O2PS2/c1-23(24-15-9-8-10-16-24)35-33(34,31-27-19-13-11-17-25(27)21-29(2,3)4)32-28-20-14-12-18-26(28)22-30(5,6)7/h8-20,23H,21-22H2,1-7H3. The number of benzene rings is 3. The molecule has 3 aromatic rings. The highest BCUT2D eigenvalue weighted by Gasteiger charge is 2.30. The van der Waals surface area contributed by atoms with E-state index in [9.17, 15) is 0 Å². The van der Waals surface area contributed by atoms with E-state index in [0.717, 1.165) is 35.5 Å². The van der Waals surface area contributed by atoms with Gasteiger partial charge < -0.3 is 9.05 Å². The van der Waals surface area contributed by atoms with Gasteiger partial charge in [-0.2, -0.15) is 0 Å². The van der Waals surface area contributed by atoms with Crippen molar-refractivity contribution in [1.82, 2.24) is 0 Å². The molecule has 0 aliphatic heterocycles. The maximum Gasteiger partial charge on any atom is 0.349 e. The second-order valence-corrected chi connectivity index (χ2v) is 17.9. The lowest BCUT2D eigenvalue weighted by molar-refractivity contribution is 0.400. The predicted molar refractivity (Wildman–Crippen MR) is 157 cm³/mol. The Morgan fingerprint density at radius 1 is 0.686 bits per heavy atom. The molecule has 0 aliphatic rings. The number of para-hydroxylation sites is 2. The quantitative estimate of drug-likeness (QED) is 0.258. The van der Waals surface area contributed by atoms with Crippen LogP contribution < -0.4 is 9.05 Å². The Hall–Kier alpha value is -1.74. The van der Waals surface area contributed by atoms with E-state index in [-0.39, 0.29) is 16.1 Å². The van der Waals surface area contributed by atoms with Gasteiger partial charge in [-0.15, -0.1) is 0 Å². The van der Waals surface area contributed by atoms with Crippen LogP contribution in [0.15, 0.2) is 78.9 Å². The lowest BCUT2D eigenvalue weighted by atomic mass is 9.88. The van der Waals surface area contributed by atoms with Gasteiger partial charge in [-0.1, -0.05) is 108 Å². The van der Waals surface area contributed by atoms with Crippen LogP contribution >= 0.6 is 17.1 Å². The average molecular weight is 527 g/mol. The average Bonchev–Trinajstić information content (AvgIpc) is 2.75. The Balaban J connectivity index is 1.99. The molecule has 188 valence electrons. The molecule has 3 rings (SSSR count). The van der Waals surface area contributed by atoms with Crippen molar-refractivity contribution < 1.29 is 9.05 Å². The Bertz CT molecular complexity index is 1080. The molecule has 0 bridgehead atoms. The third-order valence-corrected chi connectivity index (χ3v) is 10.4. The van der Waals surface area contributed by atoms with Crippen LogP contribution in [-0.2, 0) is 24.6 Å². The van der Waals surface area contributed by atoms with Crippen LogP contribution in [0, 0.1) is 10.8 Å². The summed E-state index contributed by atoms with van der Waals surface area (Å²) >= 11 is 7.90. The van der Waals surface area contributed by atoms with Gasteiger partial charge in [-0.05, 0) is 82.6 Å². The fourth-order valence-corrected chi connectivity index (χ4v) is 9.44. The maximum absolute atomic E-state index is 6.73. The minimum atomic E-state index is -2.82. The molecule has 0 spiro atoms. The molecular weight excluding hydrogens is 487 g/mol. The van der Waals surface area contributed by atoms with Gasteiger partial charge in [0.1, 0.15) is 11.5 Å². The van der Waals surface area contributed by atoms with Crippen molar-refractivity contribution in [2.75, 3.05) is 0 Å². The molecule has 0 aliphatic carbocycles. The van der Waals surface area contributed by atoms with Gasteiger partial charge >= 0.3 is 5.69 Å². The van der Waals surface area contributed by atoms with Crippen LogP contribution in [0.5, 0.6) is 11.5 Å². The van der Waals surface area contributed by atoms with E-state index in [4.69, 9.17) is 20.9 Å². The van der Waals surface area contributed by atoms with Gasteiger partial charge in [0.05, 0.1) is 0 Å². The van der Waals surface area contributed by atoms with Gasteiger partial charge in [0.2, 0.25) is 0 Å². The highest BCUT2D eigenvalue weighted by Crippen LogP contribution is 2.65. The summed E-state index contributed by atoms with van der Waals surface area (Å²) in [5, 5.41) is 0.131. The summed E-state index contributed by atoms with van der Waals surface area (Å²) in [6.07, 6.45) is 1.80. The van der Waals surface area contributed by atoms with Crippen molar-refractivity contribution in [2.24, 2.45) is 10.8 Å². The van der Waals surface area contributed by atoms with Crippen LogP contribution in [0.2, 0.25) is 0 Å². The molecule has 0 heterocycles. The van der Waals surface area contributed by atoms with E-state index in [1.165, 1.54) is 5.56 Å². The van der Waals surface area contributed by atoms with Crippen LogP contribution in [0.3, 0.4) is 0 Å². The van der Waals surface area contributed by atoms with Gasteiger partial charge in [0.15, 0.2) is 0 Å². The summed E-state index contributed by atoms with van der Waals surface area (Å²) in [5.74, 6) is 1.65. The van der Waals surface area contributed by atoms with E-state index in [0.29, 0.717) is 0 Å². The SMILES string of the molecule is CC(SP(=S)(Oc1ccccc1CC(C)(C)C)Oc1ccccc1CC(C)(C)C)c1ccccc1. The Morgan fingerprint density at radius 2 is 1.09 bits per heavy atom. The molecule has 0 radical (unpaired) electrons. The molecule has 0 saturated carbocycles. The molecule has 2 nitrogen and oxygen atoms in total.